The number of piperidine rings is 1. The highest BCUT2D eigenvalue weighted by atomic mass is 19.3. The van der Waals surface area contributed by atoms with Crippen LogP contribution < -0.4 is 5.32 Å². The molecule has 1 heterocycles. The summed E-state index contributed by atoms with van der Waals surface area (Å²) < 4.78 is 25.2. The highest BCUT2D eigenvalue weighted by Crippen LogP contribution is 2.32. The maximum Gasteiger partial charge on any atom is 0.263 e. The number of hydrogen-bond acceptors (Lipinski definition) is 2. The third-order valence-corrected chi connectivity index (χ3v) is 3.28. The normalized spacial score (nSPS) is 24.2. The molecule has 1 saturated heterocycles. The molecule has 96 valence electrons. The fraction of sp³-hybridized carbons (Fsp3) is 0.385. The van der Waals surface area contributed by atoms with Gasteiger partial charge in [0.05, 0.1) is 0 Å². The molecule has 1 fully saturated rings. The van der Waals surface area contributed by atoms with Gasteiger partial charge >= 0.3 is 0 Å². The number of halogens is 2. The average Bonchev–Trinajstić information content (AvgIpc) is 2.34. The van der Waals surface area contributed by atoms with Gasteiger partial charge in [-0.05, 0) is 11.6 Å². The van der Waals surface area contributed by atoms with Crippen LogP contribution in [-0.2, 0) is 9.59 Å². The zero-order valence-electron chi connectivity index (χ0n) is 9.82. The number of alkyl halides is 2. The Kier molecular flexibility index (Phi) is 3.41. The predicted molar refractivity (Wildman–Crippen MR) is 61.1 cm³/mol. The molecular weight excluding hydrogens is 240 g/mol. The zero-order valence-corrected chi connectivity index (χ0v) is 9.82. The minimum atomic E-state index is -2.55. The summed E-state index contributed by atoms with van der Waals surface area (Å²) in [6, 6.07) is 5.92. The lowest BCUT2D eigenvalue weighted by Crippen LogP contribution is -2.43. The summed E-state index contributed by atoms with van der Waals surface area (Å²) in [6.45, 7) is 1.70. The van der Waals surface area contributed by atoms with Crippen molar-refractivity contribution in [2.45, 2.75) is 25.7 Å². The maximum absolute atomic E-state index is 12.6. The molecule has 0 bridgehead atoms. The molecule has 2 atom stereocenters. The van der Waals surface area contributed by atoms with Gasteiger partial charge in [0.2, 0.25) is 11.8 Å². The molecule has 0 radical (unpaired) electrons. The van der Waals surface area contributed by atoms with E-state index in [-0.39, 0.29) is 29.7 Å². The van der Waals surface area contributed by atoms with E-state index in [9.17, 15) is 18.4 Å². The topological polar surface area (TPSA) is 46.2 Å². The van der Waals surface area contributed by atoms with E-state index in [1.807, 2.05) is 0 Å². The van der Waals surface area contributed by atoms with Crippen molar-refractivity contribution in [3.8, 4) is 0 Å². The smallest absolute Gasteiger partial charge is 0.263 e. The number of carbonyl (C=O) groups is 2. The largest absolute Gasteiger partial charge is 0.296 e. The summed E-state index contributed by atoms with van der Waals surface area (Å²) in [5.41, 5.74) is 0.529. The Morgan fingerprint density at radius 1 is 1.33 bits per heavy atom. The van der Waals surface area contributed by atoms with Crippen LogP contribution in [0.4, 0.5) is 8.78 Å². The second-order valence-electron chi connectivity index (χ2n) is 4.48. The quantitative estimate of drug-likeness (QED) is 0.822. The Morgan fingerprint density at radius 2 is 2.06 bits per heavy atom. The third kappa shape index (κ3) is 2.39. The van der Waals surface area contributed by atoms with Crippen LogP contribution in [0.15, 0.2) is 24.3 Å². The molecule has 0 aromatic heterocycles. The number of carbonyl (C=O) groups excluding carboxylic acids is 2. The monoisotopic (exact) mass is 253 g/mol. The molecule has 18 heavy (non-hydrogen) atoms. The number of amides is 2. The summed E-state index contributed by atoms with van der Waals surface area (Å²) in [5.74, 6) is -1.43. The van der Waals surface area contributed by atoms with E-state index in [4.69, 9.17) is 0 Å². The minimum Gasteiger partial charge on any atom is -0.296 e. The molecule has 5 heteroatoms. The van der Waals surface area contributed by atoms with Gasteiger partial charge in [-0.1, -0.05) is 25.1 Å². The van der Waals surface area contributed by atoms with Crippen LogP contribution in [0, 0.1) is 5.92 Å². The second-order valence-corrected chi connectivity index (χ2v) is 4.48. The molecule has 0 spiro atoms. The molecule has 2 unspecified atom stereocenters. The Hall–Kier alpha value is -1.78. The molecule has 2 amide bonds. The Labute approximate surface area is 103 Å². The first-order valence-corrected chi connectivity index (χ1v) is 5.70. The number of benzene rings is 1. The van der Waals surface area contributed by atoms with Crippen molar-refractivity contribution < 1.29 is 18.4 Å². The average molecular weight is 253 g/mol. The molecule has 1 aliphatic heterocycles. The van der Waals surface area contributed by atoms with Crippen LogP contribution in [0.1, 0.15) is 36.8 Å². The van der Waals surface area contributed by atoms with Gasteiger partial charge in [0.1, 0.15) is 0 Å². The van der Waals surface area contributed by atoms with Gasteiger partial charge in [-0.25, -0.2) is 8.78 Å². The Morgan fingerprint density at radius 3 is 2.72 bits per heavy atom. The van der Waals surface area contributed by atoms with Crippen molar-refractivity contribution in [2.75, 3.05) is 0 Å². The molecule has 1 N–H and O–H groups in total. The number of hydrogen-bond donors (Lipinski definition) is 1. The van der Waals surface area contributed by atoms with Gasteiger partial charge in [0, 0.05) is 23.8 Å². The highest BCUT2D eigenvalue weighted by Gasteiger charge is 2.33. The molecule has 2 rings (SSSR count). The van der Waals surface area contributed by atoms with Crippen LogP contribution >= 0.6 is 0 Å². The third-order valence-electron chi connectivity index (χ3n) is 3.28. The van der Waals surface area contributed by atoms with Crippen LogP contribution in [0.5, 0.6) is 0 Å². The molecule has 1 aromatic carbocycles. The van der Waals surface area contributed by atoms with Crippen molar-refractivity contribution in [2.24, 2.45) is 5.92 Å². The molecule has 1 aliphatic rings. The van der Waals surface area contributed by atoms with E-state index in [1.165, 1.54) is 18.2 Å². The highest BCUT2D eigenvalue weighted by molar-refractivity contribution is 5.99. The van der Waals surface area contributed by atoms with Crippen molar-refractivity contribution in [3.05, 3.63) is 35.4 Å². The van der Waals surface area contributed by atoms with Crippen LogP contribution in [0.3, 0.4) is 0 Å². The van der Waals surface area contributed by atoms with Crippen molar-refractivity contribution in [1.82, 2.24) is 5.32 Å². The lowest BCUT2D eigenvalue weighted by atomic mass is 9.81. The summed E-state index contributed by atoms with van der Waals surface area (Å²) in [5, 5.41) is 2.24. The number of rotatable bonds is 2. The van der Waals surface area contributed by atoms with Crippen molar-refractivity contribution >= 4 is 11.8 Å². The van der Waals surface area contributed by atoms with Gasteiger partial charge < -0.3 is 0 Å². The summed E-state index contributed by atoms with van der Waals surface area (Å²) in [6.07, 6.45) is -2.40. The molecule has 0 saturated carbocycles. The standard InChI is InChI=1S/C13H13F2NO2/c1-7-10(6-11(17)16-13(7)18)8-3-2-4-9(5-8)12(14)15/h2-5,7,10,12H,6H2,1H3,(H,16,17,18). The summed E-state index contributed by atoms with van der Waals surface area (Å²) in [4.78, 5) is 22.9. The Bertz CT molecular complexity index is 488. The first-order chi connectivity index (χ1) is 8.49. The van der Waals surface area contributed by atoms with E-state index in [2.05, 4.69) is 5.32 Å². The summed E-state index contributed by atoms with van der Waals surface area (Å²) >= 11 is 0. The van der Waals surface area contributed by atoms with Gasteiger partial charge in [0.25, 0.3) is 6.43 Å². The van der Waals surface area contributed by atoms with E-state index in [0.717, 1.165) is 0 Å². The fourth-order valence-electron chi connectivity index (χ4n) is 2.19. The fourth-order valence-corrected chi connectivity index (χ4v) is 2.19. The van der Waals surface area contributed by atoms with E-state index >= 15 is 0 Å². The number of nitrogens with one attached hydrogen (secondary N) is 1. The Balaban J connectivity index is 2.32. The van der Waals surface area contributed by atoms with Crippen LogP contribution in [0.25, 0.3) is 0 Å². The van der Waals surface area contributed by atoms with Gasteiger partial charge in [-0.15, -0.1) is 0 Å². The van der Waals surface area contributed by atoms with Crippen LogP contribution in [-0.4, -0.2) is 11.8 Å². The second kappa shape index (κ2) is 4.84. The van der Waals surface area contributed by atoms with Crippen molar-refractivity contribution in [1.29, 1.82) is 0 Å². The molecule has 3 nitrogen and oxygen atoms in total. The van der Waals surface area contributed by atoms with E-state index in [0.29, 0.717) is 5.56 Å². The van der Waals surface area contributed by atoms with Crippen molar-refractivity contribution in [3.63, 3.8) is 0 Å². The lowest BCUT2D eigenvalue weighted by molar-refractivity contribution is -0.136. The molecular formula is C13H13F2NO2. The molecule has 1 aromatic rings. The molecule has 0 aliphatic carbocycles. The van der Waals surface area contributed by atoms with Gasteiger partial charge in [0.15, 0.2) is 0 Å². The van der Waals surface area contributed by atoms with Gasteiger partial charge in [-0.3, -0.25) is 14.9 Å². The predicted octanol–water partition coefficient (Wildman–Crippen LogP) is 2.39. The lowest BCUT2D eigenvalue weighted by Gasteiger charge is -2.27. The SMILES string of the molecule is CC1C(=O)NC(=O)CC1c1cccc(C(F)F)c1. The first kappa shape index (κ1) is 12.7. The number of imide groups is 1. The maximum atomic E-state index is 12.6. The van der Waals surface area contributed by atoms with E-state index < -0.39 is 12.3 Å². The van der Waals surface area contributed by atoms with E-state index in [1.54, 1.807) is 13.0 Å². The zero-order chi connectivity index (χ0) is 13.3. The summed E-state index contributed by atoms with van der Waals surface area (Å²) in [7, 11) is 0. The van der Waals surface area contributed by atoms with Crippen LogP contribution in [0.2, 0.25) is 0 Å². The minimum absolute atomic E-state index is 0.0851. The first-order valence-electron chi connectivity index (χ1n) is 5.70. The van der Waals surface area contributed by atoms with Gasteiger partial charge in [-0.2, -0.15) is 0 Å².